The van der Waals surface area contributed by atoms with Crippen LogP contribution in [0.5, 0.6) is 5.75 Å². The number of benzene rings is 2. The van der Waals surface area contributed by atoms with Crippen molar-refractivity contribution < 1.29 is 19.4 Å². The van der Waals surface area contributed by atoms with Crippen LogP contribution in [0.25, 0.3) is 11.1 Å². The zero-order chi connectivity index (χ0) is 19.2. The number of hydrogen-bond acceptors (Lipinski definition) is 4. The molecular formula is C21H24N2O4. The highest BCUT2D eigenvalue weighted by atomic mass is 16.5. The van der Waals surface area contributed by atoms with E-state index in [0.29, 0.717) is 25.9 Å². The number of rotatable bonds is 5. The summed E-state index contributed by atoms with van der Waals surface area (Å²) in [5, 5.41) is 11.9. The number of anilines is 1. The molecule has 1 fully saturated rings. The fourth-order valence-corrected chi connectivity index (χ4v) is 3.31. The van der Waals surface area contributed by atoms with Gasteiger partial charge in [-0.3, -0.25) is 9.59 Å². The molecule has 0 aromatic heterocycles. The average Bonchev–Trinajstić information content (AvgIpc) is 2.73. The predicted octanol–water partition coefficient (Wildman–Crippen LogP) is 2.53. The summed E-state index contributed by atoms with van der Waals surface area (Å²) >= 11 is 0. The first-order chi connectivity index (χ1) is 13.1. The van der Waals surface area contributed by atoms with Crippen molar-refractivity contribution >= 4 is 17.5 Å². The number of nitrogens with one attached hydrogen (secondary N) is 1. The molecule has 142 valence electrons. The first-order valence-electron chi connectivity index (χ1n) is 9.04. The Morgan fingerprint density at radius 3 is 2.44 bits per heavy atom. The van der Waals surface area contributed by atoms with E-state index < -0.39 is 6.61 Å². The number of carbonyl (C=O) groups is 2. The molecule has 2 aromatic rings. The summed E-state index contributed by atoms with van der Waals surface area (Å²) in [4.78, 5) is 25.7. The quantitative estimate of drug-likeness (QED) is 0.850. The van der Waals surface area contributed by atoms with Gasteiger partial charge in [0.25, 0.3) is 0 Å². The van der Waals surface area contributed by atoms with Crippen molar-refractivity contribution in [1.29, 1.82) is 0 Å². The number of nitrogens with zero attached hydrogens (tertiary/aromatic N) is 1. The molecule has 2 N–H and O–H groups in total. The van der Waals surface area contributed by atoms with Gasteiger partial charge in [0, 0.05) is 24.7 Å². The van der Waals surface area contributed by atoms with Gasteiger partial charge in [0.2, 0.25) is 11.8 Å². The van der Waals surface area contributed by atoms with Crippen molar-refractivity contribution in [2.45, 2.75) is 12.8 Å². The minimum atomic E-state index is -0.478. The third-order valence-corrected chi connectivity index (χ3v) is 4.89. The topological polar surface area (TPSA) is 78.9 Å². The summed E-state index contributed by atoms with van der Waals surface area (Å²) < 4.78 is 5.27. The van der Waals surface area contributed by atoms with Gasteiger partial charge in [-0.2, -0.15) is 0 Å². The molecule has 1 aliphatic heterocycles. The van der Waals surface area contributed by atoms with Gasteiger partial charge in [0.05, 0.1) is 7.11 Å². The number of amides is 2. The number of aliphatic hydroxyl groups excluding tert-OH is 1. The van der Waals surface area contributed by atoms with Crippen LogP contribution in [-0.2, 0) is 9.59 Å². The second kappa shape index (κ2) is 8.68. The smallest absolute Gasteiger partial charge is 0.248 e. The van der Waals surface area contributed by atoms with Crippen LogP contribution in [0.2, 0.25) is 0 Å². The minimum Gasteiger partial charge on any atom is -0.497 e. The molecule has 0 bridgehead atoms. The van der Waals surface area contributed by atoms with Gasteiger partial charge in [-0.05, 0) is 48.2 Å². The normalized spacial score (nSPS) is 14.7. The Balaban J connectivity index is 1.64. The number of likely N-dealkylation sites (tertiary alicyclic amines) is 1. The van der Waals surface area contributed by atoms with Crippen LogP contribution in [0, 0.1) is 5.92 Å². The first-order valence-corrected chi connectivity index (χ1v) is 9.04. The van der Waals surface area contributed by atoms with Crippen molar-refractivity contribution in [3.8, 4) is 16.9 Å². The minimum absolute atomic E-state index is 0.0334. The molecule has 1 saturated heterocycles. The van der Waals surface area contributed by atoms with E-state index in [9.17, 15) is 9.59 Å². The molecule has 2 aromatic carbocycles. The molecule has 3 rings (SSSR count). The van der Waals surface area contributed by atoms with Gasteiger partial charge in [0.15, 0.2) is 0 Å². The van der Waals surface area contributed by atoms with E-state index in [0.717, 1.165) is 22.6 Å². The summed E-state index contributed by atoms with van der Waals surface area (Å²) in [6, 6.07) is 15.5. The molecule has 1 aliphatic rings. The highest BCUT2D eigenvalue weighted by Crippen LogP contribution is 2.27. The maximum Gasteiger partial charge on any atom is 0.248 e. The first kappa shape index (κ1) is 18.9. The number of hydrogen-bond donors (Lipinski definition) is 2. The molecule has 27 heavy (non-hydrogen) atoms. The van der Waals surface area contributed by atoms with Crippen LogP contribution in [0.4, 0.5) is 5.69 Å². The Morgan fingerprint density at radius 2 is 1.78 bits per heavy atom. The number of aliphatic hydroxyl groups is 1. The standard InChI is InChI=1S/C21H24N2O4/c1-27-19-7-3-5-17(13-19)16-4-2-6-18(12-16)22-21(26)15-8-10-23(11-9-15)20(25)14-24/h2-7,12-13,15,24H,8-11,14H2,1H3,(H,22,26). The Bertz CT molecular complexity index is 813. The lowest BCUT2D eigenvalue weighted by atomic mass is 9.95. The second-order valence-corrected chi connectivity index (χ2v) is 6.62. The Hall–Kier alpha value is -2.86. The predicted molar refractivity (Wildman–Crippen MR) is 103 cm³/mol. The van der Waals surface area contributed by atoms with E-state index in [2.05, 4.69) is 5.32 Å². The zero-order valence-corrected chi connectivity index (χ0v) is 15.4. The van der Waals surface area contributed by atoms with Crippen molar-refractivity contribution in [3.63, 3.8) is 0 Å². The van der Waals surface area contributed by atoms with Crippen LogP contribution in [0.15, 0.2) is 48.5 Å². The molecule has 2 amide bonds. The molecule has 0 aliphatic carbocycles. The van der Waals surface area contributed by atoms with E-state index in [1.807, 2.05) is 48.5 Å². The third-order valence-electron chi connectivity index (χ3n) is 4.89. The summed E-state index contributed by atoms with van der Waals surface area (Å²) in [5.74, 6) is 0.341. The van der Waals surface area contributed by atoms with E-state index >= 15 is 0 Å². The third kappa shape index (κ3) is 4.65. The molecule has 6 heteroatoms. The highest BCUT2D eigenvalue weighted by Gasteiger charge is 2.27. The summed E-state index contributed by atoms with van der Waals surface area (Å²) in [6.07, 6.45) is 1.21. The molecule has 0 radical (unpaired) electrons. The van der Waals surface area contributed by atoms with Crippen LogP contribution >= 0.6 is 0 Å². The van der Waals surface area contributed by atoms with Crippen molar-refractivity contribution in [2.75, 3.05) is 32.1 Å². The van der Waals surface area contributed by atoms with E-state index in [-0.39, 0.29) is 17.7 Å². The van der Waals surface area contributed by atoms with Gasteiger partial charge >= 0.3 is 0 Å². The van der Waals surface area contributed by atoms with Gasteiger partial charge < -0.3 is 20.1 Å². The van der Waals surface area contributed by atoms with Gasteiger partial charge in [-0.25, -0.2) is 0 Å². The molecule has 6 nitrogen and oxygen atoms in total. The molecule has 0 saturated carbocycles. The van der Waals surface area contributed by atoms with Crippen LogP contribution in [-0.4, -0.2) is 48.6 Å². The van der Waals surface area contributed by atoms with E-state index in [1.165, 1.54) is 0 Å². The summed E-state index contributed by atoms with van der Waals surface area (Å²) in [6.45, 7) is 0.524. The molecule has 0 atom stereocenters. The fraction of sp³-hybridized carbons (Fsp3) is 0.333. The molecule has 1 heterocycles. The largest absolute Gasteiger partial charge is 0.497 e. The SMILES string of the molecule is COc1cccc(-c2cccc(NC(=O)C3CCN(C(=O)CO)CC3)c2)c1. The van der Waals surface area contributed by atoms with Crippen molar-refractivity contribution in [1.82, 2.24) is 4.90 Å². The second-order valence-electron chi connectivity index (χ2n) is 6.62. The van der Waals surface area contributed by atoms with Gasteiger partial charge in [-0.15, -0.1) is 0 Å². The van der Waals surface area contributed by atoms with Gasteiger partial charge in [-0.1, -0.05) is 24.3 Å². The Morgan fingerprint density at radius 1 is 1.11 bits per heavy atom. The molecular weight excluding hydrogens is 344 g/mol. The Labute approximate surface area is 158 Å². The average molecular weight is 368 g/mol. The van der Waals surface area contributed by atoms with Crippen LogP contribution < -0.4 is 10.1 Å². The summed E-state index contributed by atoms with van der Waals surface area (Å²) in [7, 11) is 1.63. The lowest BCUT2D eigenvalue weighted by Crippen LogP contribution is -2.42. The van der Waals surface area contributed by atoms with Crippen molar-refractivity contribution in [2.24, 2.45) is 5.92 Å². The zero-order valence-electron chi connectivity index (χ0n) is 15.4. The maximum atomic E-state index is 12.6. The lowest BCUT2D eigenvalue weighted by molar-refractivity contribution is -0.137. The number of methoxy groups -OCH3 is 1. The monoisotopic (exact) mass is 368 g/mol. The number of carbonyl (C=O) groups excluding carboxylic acids is 2. The summed E-state index contributed by atoms with van der Waals surface area (Å²) in [5.41, 5.74) is 2.76. The number of ether oxygens (including phenoxy) is 1. The molecule has 0 unspecified atom stereocenters. The van der Waals surface area contributed by atoms with Crippen molar-refractivity contribution in [3.05, 3.63) is 48.5 Å². The maximum absolute atomic E-state index is 12.6. The Kier molecular flexibility index (Phi) is 6.08. The molecule has 0 spiro atoms. The van der Waals surface area contributed by atoms with E-state index in [4.69, 9.17) is 9.84 Å². The van der Waals surface area contributed by atoms with Crippen LogP contribution in [0.3, 0.4) is 0 Å². The fourth-order valence-electron chi connectivity index (χ4n) is 3.31. The van der Waals surface area contributed by atoms with Crippen LogP contribution in [0.1, 0.15) is 12.8 Å². The number of piperidine rings is 1. The lowest BCUT2D eigenvalue weighted by Gasteiger charge is -2.30. The van der Waals surface area contributed by atoms with Gasteiger partial charge in [0.1, 0.15) is 12.4 Å². The van der Waals surface area contributed by atoms with E-state index in [1.54, 1.807) is 12.0 Å². The highest BCUT2D eigenvalue weighted by molar-refractivity contribution is 5.93.